The van der Waals surface area contributed by atoms with E-state index < -0.39 is 5.91 Å². The van der Waals surface area contributed by atoms with Crippen LogP contribution in [0.25, 0.3) is 0 Å². The summed E-state index contributed by atoms with van der Waals surface area (Å²) in [5, 5.41) is 30.9. The van der Waals surface area contributed by atoms with E-state index in [9.17, 15) is 15.0 Å². The minimum Gasteiger partial charge on any atom is -0.507 e. The van der Waals surface area contributed by atoms with Gasteiger partial charge in [-0.05, 0) is 18.2 Å². The Morgan fingerprint density at radius 2 is 1.63 bits per heavy atom. The lowest BCUT2D eigenvalue weighted by Crippen LogP contribution is -2.13. The molecule has 0 aliphatic heterocycles. The Morgan fingerprint density at radius 1 is 1.00 bits per heavy atom. The standard InChI is InChI=1S/C14H13NO4/c16-8-9-4-1-2-5-10(9)15-14(19)13-11(17)6-3-7-12(13)18/h1-7,16-18H,8H2,(H,15,19). The third kappa shape index (κ3) is 2.66. The first-order valence-corrected chi connectivity index (χ1v) is 5.64. The molecule has 5 nitrogen and oxygen atoms in total. The number of anilines is 1. The molecule has 0 saturated carbocycles. The fourth-order valence-corrected chi connectivity index (χ4v) is 1.73. The summed E-state index contributed by atoms with van der Waals surface area (Å²) in [5.41, 5.74) is 0.777. The lowest BCUT2D eigenvalue weighted by atomic mass is 10.1. The lowest BCUT2D eigenvalue weighted by molar-refractivity contribution is 0.102. The third-order valence-electron chi connectivity index (χ3n) is 2.68. The van der Waals surface area contributed by atoms with Crippen LogP contribution in [0.5, 0.6) is 11.5 Å². The van der Waals surface area contributed by atoms with E-state index in [-0.39, 0.29) is 23.7 Å². The number of para-hydroxylation sites is 1. The highest BCUT2D eigenvalue weighted by Crippen LogP contribution is 2.27. The number of carbonyl (C=O) groups excluding carboxylic acids is 1. The molecule has 0 fully saturated rings. The van der Waals surface area contributed by atoms with Gasteiger partial charge < -0.3 is 20.6 Å². The largest absolute Gasteiger partial charge is 0.507 e. The maximum Gasteiger partial charge on any atom is 0.263 e. The lowest BCUT2D eigenvalue weighted by Gasteiger charge is -2.11. The summed E-state index contributed by atoms with van der Waals surface area (Å²) in [7, 11) is 0. The number of nitrogens with one attached hydrogen (secondary N) is 1. The van der Waals surface area contributed by atoms with Gasteiger partial charge in [0.25, 0.3) is 5.91 Å². The zero-order valence-corrected chi connectivity index (χ0v) is 10.00. The SMILES string of the molecule is O=C(Nc1ccccc1CO)c1c(O)cccc1O. The van der Waals surface area contributed by atoms with Crippen LogP contribution in [-0.4, -0.2) is 21.2 Å². The zero-order chi connectivity index (χ0) is 13.8. The van der Waals surface area contributed by atoms with Crippen molar-refractivity contribution in [2.75, 3.05) is 5.32 Å². The highest BCUT2D eigenvalue weighted by Gasteiger charge is 2.16. The second-order valence-corrected chi connectivity index (χ2v) is 3.94. The molecule has 0 atom stereocenters. The summed E-state index contributed by atoms with van der Waals surface area (Å²) in [6, 6.07) is 10.8. The second kappa shape index (κ2) is 5.41. The van der Waals surface area contributed by atoms with Gasteiger partial charge in [0.15, 0.2) is 0 Å². The predicted octanol–water partition coefficient (Wildman–Crippen LogP) is 1.84. The molecule has 0 heterocycles. The van der Waals surface area contributed by atoms with Crippen LogP contribution in [0.1, 0.15) is 15.9 Å². The molecule has 0 saturated heterocycles. The number of carbonyl (C=O) groups is 1. The van der Waals surface area contributed by atoms with Gasteiger partial charge in [-0.15, -0.1) is 0 Å². The number of rotatable bonds is 3. The quantitative estimate of drug-likeness (QED) is 0.677. The second-order valence-electron chi connectivity index (χ2n) is 3.94. The smallest absolute Gasteiger partial charge is 0.263 e. The van der Waals surface area contributed by atoms with Crippen molar-refractivity contribution in [3.8, 4) is 11.5 Å². The van der Waals surface area contributed by atoms with E-state index in [0.29, 0.717) is 11.3 Å². The van der Waals surface area contributed by atoms with Crippen LogP contribution in [0, 0.1) is 0 Å². The number of amides is 1. The summed E-state index contributed by atoms with van der Waals surface area (Å²) in [5.74, 6) is -1.26. The van der Waals surface area contributed by atoms with Crippen LogP contribution in [0.4, 0.5) is 5.69 Å². The first-order chi connectivity index (χ1) is 9.13. The van der Waals surface area contributed by atoms with Gasteiger partial charge in [-0.25, -0.2) is 0 Å². The summed E-state index contributed by atoms with van der Waals surface area (Å²) >= 11 is 0. The maximum absolute atomic E-state index is 12.0. The normalized spacial score (nSPS) is 10.2. The number of aliphatic hydroxyl groups excluding tert-OH is 1. The van der Waals surface area contributed by atoms with Crippen molar-refractivity contribution in [3.05, 3.63) is 53.6 Å². The van der Waals surface area contributed by atoms with E-state index in [2.05, 4.69) is 5.32 Å². The van der Waals surface area contributed by atoms with Crippen molar-refractivity contribution in [1.82, 2.24) is 0 Å². The summed E-state index contributed by atoms with van der Waals surface area (Å²) in [6.07, 6.45) is 0. The number of phenolic OH excluding ortho intramolecular Hbond substituents is 2. The highest BCUT2D eigenvalue weighted by atomic mass is 16.3. The zero-order valence-electron chi connectivity index (χ0n) is 10.00. The monoisotopic (exact) mass is 259 g/mol. The summed E-state index contributed by atoms with van der Waals surface area (Å²) in [4.78, 5) is 12.0. The average Bonchev–Trinajstić information content (AvgIpc) is 2.39. The number of aromatic hydroxyl groups is 2. The molecule has 0 aliphatic rings. The van der Waals surface area contributed by atoms with E-state index >= 15 is 0 Å². The molecule has 2 rings (SSSR count). The molecule has 4 N–H and O–H groups in total. The Morgan fingerprint density at radius 3 is 2.26 bits per heavy atom. The molecule has 19 heavy (non-hydrogen) atoms. The molecule has 0 unspecified atom stereocenters. The van der Waals surface area contributed by atoms with Gasteiger partial charge in [-0.1, -0.05) is 24.3 Å². The van der Waals surface area contributed by atoms with Crippen LogP contribution in [0.15, 0.2) is 42.5 Å². The van der Waals surface area contributed by atoms with E-state index in [1.807, 2.05) is 0 Å². The van der Waals surface area contributed by atoms with E-state index in [1.165, 1.54) is 18.2 Å². The Balaban J connectivity index is 2.31. The molecule has 0 aliphatic carbocycles. The number of phenols is 2. The molecule has 0 bridgehead atoms. The number of benzene rings is 2. The molecule has 1 amide bonds. The van der Waals surface area contributed by atoms with Crippen molar-refractivity contribution >= 4 is 11.6 Å². The van der Waals surface area contributed by atoms with Crippen molar-refractivity contribution < 1.29 is 20.1 Å². The van der Waals surface area contributed by atoms with Crippen LogP contribution in [-0.2, 0) is 6.61 Å². The minimum atomic E-state index is -0.642. The van der Waals surface area contributed by atoms with Crippen LogP contribution in [0.2, 0.25) is 0 Å². The van der Waals surface area contributed by atoms with E-state index in [4.69, 9.17) is 5.11 Å². The van der Waals surface area contributed by atoms with Crippen LogP contribution < -0.4 is 5.32 Å². The van der Waals surface area contributed by atoms with Gasteiger partial charge in [0.2, 0.25) is 0 Å². The van der Waals surface area contributed by atoms with Gasteiger partial charge in [-0.2, -0.15) is 0 Å². The van der Waals surface area contributed by atoms with Crippen molar-refractivity contribution in [3.63, 3.8) is 0 Å². The van der Waals surface area contributed by atoms with Crippen molar-refractivity contribution in [2.45, 2.75) is 6.61 Å². The predicted molar refractivity (Wildman–Crippen MR) is 70.1 cm³/mol. The molecule has 0 radical (unpaired) electrons. The molecule has 0 aromatic heterocycles. The molecule has 98 valence electrons. The fraction of sp³-hybridized carbons (Fsp3) is 0.0714. The molecule has 0 spiro atoms. The molecule has 2 aromatic carbocycles. The number of hydrogen-bond donors (Lipinski definition) is 4. The van der Waals surface area contributed by atoms with Gasteiger partial charge in [-0.3, -0.25) is 4.79 Å². The third-order valence-corrected chi connectivity index (χ3v) is 2.68. The van der Waals surface area contributed by atoms with Gasteiger partial charge >= 0.3 is 0 Å². The topological polar surface area (TPSA) is 89.8 Å². The van der Waals surface area contributed by atoms with E-state index in [0.717, 1.165) is 0 Å². The number of hydrogen-bond acceptors (Lipinski definition) is 4. The molecular weight excluding hydrogens is 246 g/mol. The van der Waals surface area contributed by atoms with Crippen molar-refractivity contribution in [2.24, 2.45) is 0 Å². The Labute approximate surface area is 109 Å². The van der Waals surface area contributed by atoms with Gasteiger partial charge in [0.05, 0.1) is 6.61 Å². The summed E-state index contributed by atoms with van der Waals surface area (Å²) in [6.45, 7) is -0.219. The highest BCUT2D eigenvalue weighted by molar-refractivity contribution is 6.08. The average molecular weight is 259 g/mol. The minimum absolute atomic E-state index is 0.199. The summed E-state index contributed by atoms with van der Waals surface area (Å²) < 4.78 is 0. The van der Waals surface area contributed by atoms with Gasteiger partial charge in [0.1, 0.15) is 17.1 Å². The Hall–Kier alpha value is -2.53. The fourth-order valence-electron chi connectivity index (χ4n) is 1.73. The first kappa shape index (κ1) is 12.9. The number of aliphatic hydroxyl groups is 1. The Kier molecular flexibility index (Phi) is 3.68. The molecular formula is C14H13NO4. The molecule has 5 heteroatoms. The Bertz CT molecular complexity index is 590. The van der Waals surface area contributed by atoms with Crippen LogP contribution in [0.3, 0.4) is 0 Å². The van der Waals surface area contributed by atoms with E-state index in [1.54, 1.807) is 24.3 Å². The van der Waals surface area contributed by atoms with Crippen LogP contribution >= 0.6 is 0 Å². The first-order valence-electron chi connectivity index (χ1n) is 5.64. The molecule has 2 aromatic rings. The maximum atomic E-state index is 12.0. The van der Waals surface area contributed by atoms with Gasteiger partial charge in [0, 0.05) is 11.3 Å². The van der Waals surface area contributed by atoms with Crippen molar-refractivity contribution in [1.29, 1.82) is 0 Å².